The van der Waals surface area contributed by atoms with Gasteiger partial charge in [0, 0.05) is 12.1 Å². The summed E-state index contributed by atoms with van der Waals surface area (Å²) in [6.45, 7) is 0. The highest BCUT2D eigenvalue weighted by molar-refractivity contribution is 5.82. The minimum absolute atomic E-state index is 0.225. The van der Waals surface area contributed by atoms with Gasteiger partial charge in [0.2, 0.25) is 0 Å². The summed E-state index contributed by atoms with van der Waals surface area (Å²) in [5, 5.41) is 0. The lowest BCUT2D eigenvalue weighted by atomic mass is 9.79. The first kappa shape index (κ1) is 13.7. The Balaban J connectivity index is 1.73. The van der Waals surface area contributed by atoms with Gasteiger partial charge in [0.05, 0.1) is 0 Å². The van der Waals surface area contributed by atoms with Crippen molar-refractivity contribution in [1.82, 2.24) is 4.90 Å². The second-order valence-corrected chi connectivity index (χ2v) is 6.00. The highest BCUT2D eigenvalue weighted by Gasteiger charge is 2.52. The molecule has 2 atom stereocenters. The number of hydrogen-bond acceptors (Lipinski definition) is 1. The molecular formula is C15H18F3NO. The second-order valence-electron chi connectivity index (χ2n) is 6.00. The molecule has 20 heavy (non-hydrogen) atoms. The standard InChI is InChI=1S/C15H18F3NO/c16-15(17,18)14(20)19-12-6-7-13(19)9-11(8-12)10-4-2-1-3-5-10/h2-5,10-13H,1,6-9H2. The highest BCUT2D eigenvalue weighted by Crippen LogP contribution is 2.44. The molecular weight excluding hydrogens is 267 g/mol. The van der Waals surface area contributed by atoms with Gasteiger partial charge in [-0.15, -0.1) is 0 Å². The number of halogens is 3. The van der Waals surface area contributed by atoms with E-state index >= 15 is 0 Å². The minimum Gasteiger partial charge on any atom is -0.329 e. The summed E-state index contributed by atoms with van der Waals surface area (Å²) in [4.78, 5) is 12.7. The molecule has 0 aromatic heterocycles. The molecule has 2 fully saturated rings. The molecule has 2 aliphatic heterocycles. The molecule has 1 aliphatic carbocycles. The van der Waals surface area contributed by atoms with Gasteiger partial charge in [-0.2, -0.15) is 13.2 Å². The predicted molar refractivity (Wildman–Crippen MR) is 68.8 cm³/mol. The zero-order valence-corrected chi connectivity index (χ0v) is 11.1. The fourth-order valence-corrected chi connectivity index (χ4v) is 3.94. The molecule has 1 amide bonds. The van der Waals surface area contributed by atoms with Crippen molar-refractivity contribution >= 4 is 5.91 Å². The molecule has 0 saturated carbocycles. The van der Waals surface area contributed by atoms with Crippen molar-refractivity contribution in [2.75, 3.05) is 0 Å². The van der Waals surface area contributed by atoms with Crippen molar-refractivity contribution in [1.29, 1.82) is 0 Å². The van der Waals surface area contributed by atoms with Crippen LogP contribution in [-0.4, -0.2) is 29.1 Å². The van der Waals surface area contributed by atoms with Crippen LogP contribution in [0.4, 0.5) is 13.2 Å². The summed E-state index contributed by atoms with van der Waals surface area (Å²) in [7, 11) is 0. The lowest BCUT2D eigenvalue weighted by Gasteiger charge is -2.41. The molecule has 2 nitrogen and oxygen atoms in total. The van der Waals surface area contributed by atoms with Gasteiger partial charge < -0.3 is 4.90 Å². The topological polar surface area (TPSA) is 20.3 Å². The Bertz CT molecular complexity index is 429. The first-order valence-electron chi connectivity index (χ1n) is 7.19. The SMILES string of the molecule is O=C(N1C2CCC1CC(C1C=CCC=C1)C2)C(F)(F)F. The average Bonchev–Trinajstić information content (AvgIpc) is 2.67. The largest absolute Gasteiger partial charge is 0.471 e. The zero-order valence-electron chi connectivity index (χ0n) is 11.1. The quantitative estimate of drug-likeness (QED) is 0.676. The Kier molecular flexibility index (Phi) is 3.38. The summed E-state index contributed by atoms with van der Waals surface area (Å²) < 4.78 is 37.9. The molecule has 0 spiro atoms. The van der Waals surface area contributed by atoms with Gasteiger partial charge in [-0.3, -0.25) is 4.79 Å². The van der Waals surface area contributed by atoms with Crippen LogP contribution >= 0.6 is 0 Å². The highest BCUT2D eigenvalue weighted by atomic mass is 19.4. The summed E-state index contributed by atoms with van der Waals surface area (Å²) in [5.74, 6) is -0.939. The monoisotopic (exact) mass is 285 g/mol. The van der Waals surface area contributed by atoms with Crippen LogP contribution < -0.4 is 0 Å². The van der Waals surface area contributed by atoms with Crippen molar-refractivity contribution in [3.8, 4) is 0 Å². The van der Waals surface area contributed by atoms with Crippen LogP contribution in [0, 0.1) is 11.8 Å². The van der Waals surface area contributed by atoms with Gasteiger partial charge in [0.25, 0.3) is 0 Å². The number of piperidine rings is 1. The van der Waals surface area contributed by atoms with E-state index in [-0.39, 0.29) is 12.1 Å². The van der Waals surface area contributed by atoms with Crippen molar-refractivity contribution in [2.24, 2.45) is 11.8 Å². The smallest absolute Gasteiger partial charge is 0.329 e. The summed E-state index contributed by atoms with van der Waals surface area (Å²) >= 11 is 0. The summed E-state index contributed by atoms with van der Waals surface area (Å²) in [6.07, 6.45) is 7.55. The van der Waals surface area contributed by atoms with E-state index in [1.54, 1.807) is 0 Å². The van der Waals surface area contributed by atoms with E-state index in [4.69, 9.17) is 0 Å². The third-order valence-electron chi connectivity index (χ3n) is 4.78. The van der Waals surface area contributed by atoms with Crippen LogP contribution in [0.3, 0.4) is 0 Å². The second kappa shape index (κ2) is 4.93. The molecule has 0 radical (unpaired) electrons. The molecule has 5 heteroatoms. The molecule has 3 rings (SSSR count). The van der Waals surface area contributed by atoms with Crippen LogP contribution in [0.1, 0.15) is 32.1 Å². The Morgan fingerprint density at radius 2 is 1.60 bits per heavy atom. The van der Waals surface area contributed by atoms with E-state index in [0.29, 0.717) is 37.5 Å². The molecule has 110 valence electrons. The molecule has 0 N–H and O–H groups in total. The predicted octanol–water partition coefficient (Wildman–Crippen LogP) is 3.45. The van der Waals surface area contributed by atoms with Gasteiger partial charge in [-0.25, -0.2) is 0 Å². The Hall–Kier alpha value is -1.26. The number of amides is 1. The molecule has 2 heterocycles. The normalized spacial score (nSPS) is 33.8. The number of nitrogens with zero attached hydrogens (tertiary/aromatic N) is 1. The number of carbonyl (C=O) groups is 1. The van der Waals surface area contributed by atoms with Gasteiger partial charge in [0.15, 0.2) is 0 Å². The number of fused-ring (bicyclic) bond motifs is 2. The van der Waals surface area contributed by atoms with Gasteiger partial charge in [0.1, 0.15) is 0 Å². The maximum atomic E-state index is 12.6. The lowest BCUT2D eigenvalue weighted by Crippen LogP contribution is -2.52. The van der Waals surface area contributed by atoms with Crippen LogP contribution in [0.5, 0.6) is 0 Å². The number of hydrogen-bond donors (Lipinski definition) is 0. The summed E-state index contributed by atoms with van der Waals surface area (Å²) in [6, 6.07) is -0.451. The van der Waals surface area contributed by atoms with Crippen molar-refractivity contribution < 1.29 is 18.0 Å². The number of rotatable bonds is 1. The molecule has 2 bridgehead atoms. The van der Waals surface area contributed by atoms with E-state index in [1.165, 1.54) is 0 Å². The van der Waals surface area contributed by atoms with Crippen molar-refractivity contribution in [2.45, 2.75) is 50.4 Å². The van der Waals surface area contributed by atoms with Crippen LogP contribution in [-0.2, 0) is 4.79 Å². The van der Waals surface area contributed by atoms with Crippen LogP contribution in [0.25, 0.3) is 0 Å². The average molecular weight is 285 g/mol. The number of alkyl halides is 3. The van der Waals surface area contributed by atoms with Gasteiger partial charge >= 0.3 is 12.1 Å². The van der Waals surface area contributed by atoms with E-state index < -0.39 is 12.1 Å². The Labute approximate surface area is 116 Å². The molecule has 0 aromatic rings. The fraction of sp³-hybridized carbons (Fsp3) is 0.667. The first-order chi connectivity index (χ1) is 9.47. The Morgan fingerprint density at radius 3 is 2.10 bits per heavy atom. The maximum absolute atomic E-state index is 12.6. The number of carbonyl (C=O) groups excluding carboxylic acids is 1. The fourth-order valence-electron chi connectivity index (χ4n) is 3.94. The van der Waals surface area contributed by atoms with E-state index in [2.05, 4.69) is 24.3 Å². The first-order valence-corrected chi connectivity index (χ1v) is 7.19. The molecule has 2 saturated heterocycles. The third-order valence-corrected chi connectivity index (χ3v) is 4.78. The molecule has 0 aromatic carbocycles. The summed E-state index contributed by atoms with van der Waals surface area (Å²) in [5.41, 5.74) is 0. The zero-order chi connectivity index (χ0) is 14.3. The van der Waals surface area contributed by atoms with Gasteiger partial charge in [-0.05, 0) is 43.9 Å². The van der Waals surface area contributed by atoms with E-state index in [9.17, 15) is 18.0 Å². The van der Waals surface area contributed by atoms with Crippen LogP contribution in [0.2, 0.25) is 0 Å². The van der Waals surface area contributed by atoms with E-state index in [1.807, 2.05) is 0 Å². The molecule has 2 unspecified atom stereocenters. The van der Waals surface area contributed by atoms with Crippen molar-refractivity contribution in [3.05, 3.63) is 24.3 Å². The van der Waals surface area contributed by atoms with Gasteiger partial charge in [-0.1, -0.05) is 24.3 Å². The van der Waals surface area contributed by atoms with E-state index in [0.717, 1.165) is 11.3 Å². The maximum Gasteiger partial charge on any atom is 0.471 e. The third kappa shape index (κ3) is 2.38. The van der Waals surface area contributed by atoms with Crippen LogP contribution in [0.15, 0.2) is 24.3 Å². The Morgan fingerprint density at radius 1 is 1.05 bits per heavy atom. The molecule has 3 aliphatic rings. The lowest BCUT2D eigenvalue weighted by molar-refractivity contribution is -0.190. The minimum atomic E-state index is -4.74. The number of allylic oxidation sites excluding steroid dienone is 4. The van der Waals surface area contributed by atoms with Crippen molar-refractivity contribution in [3.63, 3.8) is 0 Å².